The van der Waals surface area contributed by atoms with Crippen molar-refractivity contribution < 1.29 is 19.5 Å². The van der Waals surface area contributed by atoms with Gasteiger partial charge in [-0.1, -0.05) is 150 Å². The van der Waals surface area contributed by atoms with Gasteiger partial charge >= 0.3 is 0 Å². The number of hydrogen-bond acceptors (Lipinski definition) is 3. The molecule has 2 atom stereocenters. The summed E-state index contributed by atoms with van der Waals surface area (Å²) in [6.07, 6.45) is 34.4. The van der Waals surface area contributed by atoms with Crippen LogP contribution in [0.15, 0.2) is 12.2 Å². The molecular weight excluding hydrogens is 537 g/mol. The van der Waals surface area contributed by atoms with Gasteiger partial charge in [-0.05, 0) is 38.5 Å². The van der Waals surface area contributed by atoms with Gasteiger partial charge in [0.2, 0.25) is 0 Å². The number of quaternary nitrogens is 1. The van der Waals surface area contributed by atoms with Crippen LogP contribution >= 0.6 is 8.20 Å². The van der Waals surface area contributed by atoms with Gasteiger partial charge in [-0.2, -0.15) is 0 Å². The Labute approximate surface area is 264 Å². The maximum atomic E-state index is 13.2. The van der Waals surface area contributed by atoms with E-state index in [-0.39, 0.29) is 11.3 Å². The number of carbonyl (C=O) groups excluding carboxylic acids is 1. The number of carbonyl (C=O) groups is 1. The molecule has 0 saturated heterocycles. The molecule has 0 heterocycles. The van der Waals surface area contributed by atoms with Crippen molar-refractivity contribution in [3.05, 3.63) is 12.2 Å². The van der Waals surface area contributed by atoms with E-state index in [1.54, 1.807) is 0 Å². The predicted molar refractivity (Wildman–Crippen MR) is 185 cm³/mol. The van der Waals surface area contributed by atoms with Crippen molar-refractivity contribution in [2.45, 2.75) is 180 Å². The number of aliphatic hydroxyl groups is 1. The second-order valence-electron chi connectivity index (χ2n) is 13.7. The quantitative estimate of drug-likeness (QED) is 0.0368. The fourth-order valence-corrected chi connectivity index (χ4v) is 6.89. The summed E-state index contributed by atoms with van der Waals surface area (Å²) in [5.41, 5.74) is -0.0679. The monoisotopic (exact) mass is 610 g/mol. The lowest BCUT2D eigenvalue weighted by atomic mass is 9.93. The van der Waals surface area contributed by atoms with Crippen molar-refractivity contribution in [3.63, 3.8) is 0 Å². The summed E-state index contributed by atoms with van der Waals surface area (Å²) in [7, 11) is 6.44. The minimum Gasteiger partial charge on any atom is -0.827 e. The molecule has 0 rings (SSSR count). The van der Waals surface area contributed by atoms with E-state index in [0.29, 0.717) is 32.1 Å². The number of unbranched alkanes of at least 4 members (excludes halogenated alkanes) is 20. The third-order valence-electron chi connectivity index (χ3n) is 8.21. The van der Waals surface area contributed by atoms with Crippen LogP contribution in [0.25, 0.3) is 0 Å². The summed E-state index contributed by atoms with van der Waals surface area (Å²) in [6.45, 7) is 5.04. The minimum absolute atomic E-state index is 0.0679. The lowest BCUT2D eigenvalue weighted by Crippen LogP contribution is -2.40. The SMILES string of the molecule is CCCCCCCC/C=C\CCCCCCC(C(=O)CCCCCCCCCCCCC)C([O-])=PC(O)C[N+](C)(C)C. The number of rotatable bonds is 31. The van der Waals surface area contributed by atoms with Crippen molar-refractivity contribution in [3.8, 4) is 0 Å². The molecule has 42 heavy (non-hydrogen) atoms. The van der Waals surface area contributed by atoms with Crippen LogP contribution in [-0.4, -0.2) is 54.4 Å². The third kappa shape index (κ3) is 28.2. The maximum Gasteiger partial charge on any atom is 0.142 e. The van der Waals surface area contributed by atoms with E-state index in [9.17, 15) is 15.0 Å². The molecule has 0 aliphatic carbocycles. The molecule has 2 unspecified atom stereocenters. The minimum atomic E-state index is -0.710. The zero-order chi connectivity index (χ0) is 31.3. The van der Waals surface area contributed by atoms with E-state index >= 15 is 0 Å². The van der Waals surface area contributed by atoms with Gasteiger partial charge in [-0.25, -0.2) is 0 Å². The van der Waals surface area contributed by atoms with Crippen molar-refractivity contribution >= 4 is 19.5 Å². The Morgan fingerprint density at radius 3 is 1.52 bits per heavy atom. The third-order valence-corrected chi connectivity index (χ3v) is 9.23. The summed E-state index contributed by atoms with van der Waals surface area (Å²) < 4.78 is 0.603. The highest BCUT2D eigenvalue weighted by Gasteiger charge is 2.19. The molecule has 0 amide bonds. The molecule has 0 bridgehead atoms. The van der Waals surface area contributed by atoms with Crippen LogP contribution in [0.1, 0.15) is 174 Å². The second kappa shape index (κ2) is 29.2. The van der Waals surface area contributed by atoms with E-state index in [2.05, 4.69) is 26.0 Å². The molecule has 0 aliphatic rings. The van der Waals surface area contributed by atoms with Crippen LogP contribution in [0.4, 0.5) is 0 Å². The van der Waals surface area contributed by atoms with Crippen molar-refractivity contribution in [2.75, 3.05) is 27.7 Å². The van der Waals surface area contributed by atoms with Crippen LogP contribution in [-0.2, 0) is 4.79 Å². The Kier molecular flexibility index (Phi) is 28.8. The summed E-state index contributed by atoms with van der Waals surface area (Å²) in [6, 6.07) is 0. The molecule has 0 saturated carbocycles. The zero-order valence-corrected chi connectivity index (χ0v) is 29.7. The maximum absolute atomic E-state index is 13.2. The standard InChI is InChI=1S/C37H72NO3P/c1-6-8-10-12-14-16-18-19-20-22-23-25-27-29-31-34(37(41)42-36(40)33-38(3,4)5)35(39)32-30-28-26-24-21-17-15-13-11-9-7-2/h19-20,34,36,40H,6-18,21-33H2,1-5H3/b20-19-. The highest BCUT2D eigenvalue weighted by atomic mass is 31.1. The number of aliphatic hydroxyl groups excluding tert-OH is 1. The van der Waals surface area contributed by atoms with Gasteiger partial charge in [0.15, 0.2) is 0 Å². The molecule has 0 spiro atoms. The van der Waals surface area contributed by atoms with Crippen molar-refractivity contribution in [1.82, 2.24) is 0 Å². The normalized spacial score (nSPS) is 14.1. The highest BCUT2D eigenvalue weighted by molar-refractivity contribution is 7.40. The molecule has 248 valence electrons. The molecule has 0 radical (unpaired) electrons. The Balaban J connectivity index is 4.40. The molecule has 0 aromatic heterocycles. The number of likely N-dealkylation sites (N-methyl/N-ethyl adjacent to an activating group) is 1. The largest absolute Gasteiger partial charge is 0.827 e. The van der Waals surface area contributed by atoms with Crippen LogP contribution in [0.2, 0.25) is 0 Å². The molecule has 1 N–H and O–H groups in total. The van der Waals surface area contributed by atoms with Gasteiger partial charge in [0.1, 0.15) is 18.2 Å². The molecule has 0 fully saturated rings. The van der Waals surface area contributed by atoms with Crippen LogP contribution in [0.5, 0.6) is 0 Å². The zero-order valence-electron chi connectivity index (χ0n) is 28.9. The molecule has 5 heteroatoms. The lowest BCUT2D eigenvalue weighted by molar-refractivity contribution is -0.871. The lowest BCUT2D eigenvalue weighted by Gasteiger charge is -2.28. The molecule has 0 aromatic carbocycles. The summed E-state index contributed by atoms with van der Waals surface area (Å²) >= 11 is 0. The van der Waals surface area contributed by atoms with E-state index in [4.69, 9.17) is 0 Å². The highest BCUT2D eigenvalue weighted by Crippen LogP contribution is 2.22. The van der Waals surface area contributed by atoms with Crippen LogP contribution in [0, 0.1) is 5.92 Å². The predicted octanol–water partition coefficient (Wildman–Crippen LogP) is 9.98. The van der Waals surface area contributed by atoms with Gasteiger partial charge in [0.25, 0.3) is 0 Å². The van der Waals surface area contributed by atoms with Gasteiger partial charge < -0.3 is 14.7 Å². The summed E-state index contributed by atoms with van der Waals surface area (Å²) in [5.74, 6) is -1.13. The van der Waals surface area contributed by atoms with Gasteiger partial charge in [-0.3, -0.25) is 4.79 Å². The van der Waals surface area contributed by atoms with E-state index in [0.717, 1.165) is 38.5 Å². The summed E-state index contributed by atoms with van der Waals surface area (Å²) in [4.78, 5) is 13.2. The first-order valence-corrected chi connectivity index (χ1v) is 19.1. The molecule has 0 aromatic rings. The van der Waals surface area contributed by atoms with Crippen molar-refractivity contribution in [1.29, 1.82) is 0 Å². The number of allylic oxidation sites excluding steroid dienone is 2. The van der Waals surface area contributed by atoms with Gasteiger partial charge in [-0.15, -0.1) is 5.48 Å². The van der Waals surface area contributed by atoms with E-state index in [1.165, 1.54) is 109 Å². The Morgan fingerprint density at radius 2 is 1.07 bits per heavy atom. The average Bonchev–Trinajstić information content (AvgIpc) is 2.92. The van der Waals surface area contributed by atoms with Gasteiger partial charge in [0, 0.05) is 12.3 Å². The van der Waals surface area contributed by atoms with E-state index < -0.39 is 11.8 Å². The molecular formula is C37H72NO3P. The average molecular weight is 610 g/mol. The van der Waals surface area contributed by atoms with E-state index in [1.807, 2.05) is 21.1 Å². The number of Topliss-reactive ketones (excluding diaryl/α,β-unsaturated/α-hetero) is 1. The number of nitrogens with zero attached hydrogens (tertiary/aromatic N) is 1. The first kappa shape index (κ1) is 41.5. The second-order valence-corrected chi connectivity index (χ2v) is 15.0. The summed E-state index contributed by atoms with van der Waals surface area (Å²) in [5, 5.41) is 23.6. The fraction of sp³-hybridized carbons (Fsp3) is 0.892. The van der Waals surface area contributed by atoms with Crippen LogP contribution in [0.3, 0.4) is 0 Å². The Bertz CT molecular complexity index is 670. The Morgan fingerprint density at radius 1 is 0.667 bits per heavy atom. The smallest absolute Gasteiger partial charge is 0.142 e. The van der Waals surface area contributed by atoms with Crippen molar-refractivity contribution in [2.24, 2.45) is 5.92 Å². The first-order chi connectivity index (χ1) is 20.2. The fourth-order valence-electron chi connectivity index (χ4n) is 5.57. The van der Waals surface area contributed by atoms with Gasteiger partial charge in [0.05, 0.1) is 21.1 Å². The number of hydrogen-bond donors (Lipinski definition) is 1. The van der Waals surface area contributed by atoms with Crippen LogP contribution < -0.4 is 5.11 Å². The first-order valence-electron chi connectivity index (χ1n) is 18.1. The Hall–Kier alpha value is -0.540. The molecule has 4 nitrogen and oxygen atoms in total. The topological polar surface area (TPSA) is 60.4 Å². The number of ketones is 1. The molecule has 0 aliphatic heterocycles.